The Morgan fingerprint density at radius 2 is 2.08 bits per heavy atom. The van der Waals surface area contributed by atoms with Crippen molar-refractivity contribution in [1.29, 1.82) is 0 Å². The summed E-state index contributed by atoms with van der Waals surface area (Å²) in [5.41, 5.74) is 9.15. The van der Waals surface area contributed by atoms with Crippen LogP contribution in [0.5, 0.6) is 5.75 Å². The number of amides is 1. The van der Waals surface area contributed by atoms with Gasteiger partial charge in [0.25, 0.3) is 0 Å². The maximum absolute atomic E-state index is 12.3. The molecule has 0 bridgehead atoms. The van der Waals surface area contributed by atoms with Crippen LogP contribution >= 0.6 is 11.8 Å². The van der Waals surface area contributed by atoms with Crippen molar-refractivity contribution >= 4 is 23.4 Å². The van der Waals surface area contributed by atoms with E-state index in [1.54, 1.807) is 18.9 Å². The number of hydrogen-bond donors (Lipinski definition) is 2. The molecule has 25 heavy (non-hydrogen) atoms. The van der Waals surface area contributed by atoms with Gasteiger partial charge in [0.2, 0.25) is 5.91 Å². The average Bonchev–Trinajstić information content (AvgIpc) is 2.62. The minimum absolute atomic E-state index is 0.107. The molecule has 0 aliphatic heterocycles. The third kappa shape index (κ3) is 4.69. The molecule has 1 aliphatic carbocycles. The van der Waals surface area contributed by atoms with Gasteiger partial charge in [-0.15, -0.1) is 11.8 Å². The number of carbonyl (C=O) groups is 1. The summed E-state index contributed by atoms with van der Waals surface area (Å²) in [5.74, 6) is 1.72. The molecule has 4 nitrogen and oxygen atoms in total. The van der Waals surface area contributed by atoms with Crippen molar-refractivity contribution in [3.05, 3.63) is 53.6 Å². The van der Waals surface area contributed by atoms with Gasteiger partial charge in [0.05, 0.1) is 13.2 Å². The van der Waals surface area contributed by atoms with Gasteiger partial charge in [0, 0.05) is 22.8 Å². The van der Waals surface area contributed by atoms with E-state index in [1.165, 1.54) is 11.1 Å². The van der Waals surface area contributed by atoms with Crippen LogP contribution in [0.4, 0.5) is 5.69 Å². The molecule has 132 valence electrons. The number of methoxy groups -OCH3 is 1. The Kier molecular flexibility index (Phi) is 5.87. The third-order valence-corrected chi connectivity index (χ3v) is 5.49. The number of nitrogens with two attached hydrogens (primary N) is 1. The Morgan fingerprint density at radius 1 is 1.28 bits per heavy atom. The van der Waals surface area contributed by atoms with Crippen molar-refractivity contribution in [2.75, 3.05) is 18.6 Å². The number of fused-ring (bicyclic) bond motifs is 1. The highest BCUT2D eigenvalue weighted by molar-refractivity contribution is 7.99. The lowest BCUT2D eigenvalue weighted by Crippen LogP contribution is -2.31. The molecule has 0 saturated heterocycles. The molecular formula is C20H24N2O2S. The molecular weight excluding hydrogens is 332 g/mol. The van der Waals surface area contributed by atoms with Crippen molar-refractivity contribution in [2.45, 2.75) is 36.6 Å². The van der Waals surface area contributed by atoms with Gasteiger partial charge < -0.3 is 15.8 Å². The van der Waals surface area contributed by atoms with Gasteiger partial charge in [-0.1, -0.05) is 6.07 Å². The average molecular weight is 356 g/mol. The zero-order valence-electron chi connectivity index (χ0n) is 14.5. The van der Waals surface area contributed by atoms with Crippen LogP contribution in [0, 0.1) is 0 Å². The van der Waals surface area contributed by atoms with Crippen LogP contribution in [0.1, 0.15) is 36.4 Å². The van der Waals surface area contributed by atoms with Crippen LogP contribution < -0.4 is 15.8 Å². The fourth-order valence-electron chi connectivity index (χ4n) is 3.18. The molecule has 0 aromatic heterocycles. The minimum atomic E-state index is 0.107. The number of rotatable bonds is 6. The summed E-state index contributed by atoms with van der Waals surface area (Å²) >= 11 is 1.68. The molecule has 1 aliphatic rings. The highest BCUT2D eigenvalue weighted by Gasteiger charge is 2.21. The number of anilines is 1. The Bertz CT molecular complexity index is 731. The number of aryl methyl sites for hydroxylation is 1. The summed E-state index contributed by atoms with van der Waals surface area (Å²) in [5, 5.41) is 3.19. The Morgan fingerprint density at radius 3 is 2.84 bits per heavy atom. The van der Waals surface area contributed by atoms with Gasteiger partial charge in [-0.3, -0.25) is 4.79 Å². The molecule has 0 heterocycles. The van der Waals surface area contributed by atoms with Crippen LogP contribution in [-0.4, -0.2) is 18.8 Å². The molecule has 2 aromatic carbocycles. The van der Waals surface area contributed by atoms with E-state index >= 15 is 0 Å². The normalized spacial score (nSPS) is 16.1. The first kappa shape index (κ1) is 17.7. The topological polar surface area (TPSA) is 64.3 Å². The van der Waals surface area contributed by atoms with E-state index < -0.39 is 0 Å². The standard InChI is InChI=1S/C20H24N2O2S/c1-24-16-6-8-17(9-7-16)25-12-11-20(23)22-19-4-2-3-14-13-15(21)5-10-18(14)19/h5-10,13,19H,2-4,11-12,21H2,1H3,(H,22,23). The van der Waals surface area contributed by atoms with Gasteiger partial charge in [-0.2, -0.15) is 0 Å². The molecule has 5 heteroatoms. The SMILES string of the molecule is COc1ccc(SCCC(=O)NC2CCCc3cc(N)ccc32)cc1. The maximum atomic E-state index is 12.3. The first-order chi connectivity index (χ1) is 12.2. The zero-order chi connectivity index (χ0) is 17.6. The fraction of sp³-hybridized carbons (Fsp3) is 0.350. The largest absolute Gasteiger partial charge is 0.497 e. The van der Waals surface area contributed by atoms with E-state index in [-0.39, 0.29) is 11.9 Å². The predicted octanol–water partition coefficient (Wildman–Crippen LogP) is 3.95. The molecule has 0 saturated carbocycles. The number of ether oxygens (including phenoxy) is 1. The summed E-state index contributed by atoms with van der Waals surface area (Å²) in [6.07, 6.45) is 3.63. The van der Waals surface area contributed by atoms with Crippen molar-refractivity contribution in [3.63, 3.8) is 0 Å². The van der Waals surface area contributed by atoms with E-state index in [0.717, 1.165) is 41.3 Å². The van der Waals surface area contributed by atoms with Crippen LogP contribution in [0.25, 0.3) is 0 Å². The summed E-state index contributed by atoms with van der Waals surface area (Å²) < 4.78 is 5.15. The molecule has 0 fully saturated rings. The molecule has 1 amide bonds. The number of carbonyl (C=O) groups excluding carboxylic acids is 1. The Hall–Kier alpha value is -2.14. The molecule has 0 radical (unpaired) electrons. The highest BCUT2D eigenvalue weighted by Crippen LogP contribution is 2.31. The molecule has 1 unspecified atom stereocenters. The molecule has 1 atom stereocenters. The monoisotopic (exact) mass is 356 g/mol. The first-order valence-electron chi connectivity index (χ1n) is 8.60. The van der Waals surface area contributed by atoms with Crippen molar-refractivity contribution in [1.82, 2.24) is 5.32 Å². The Labute approximate surface area is 153 Å². The summed E-state index contributed by atoms with van der Waals surface area (Å²) in [6, 6.07) is 14.0. The second kappa shape index (κ2) is 8.30. The van der Waals surface area contributed by atoms with Gasteiger partial charge in [-0.25, -0.2) is 0 Å². The van der Waals surface area contributed by atoms with E-state index in [0.29, 0.717) is 6.42 Å². The van der Waals surface area contributed by atoms with Gasteiger partial charge >= 0.3 is 0 Å². The lowest BCUT2D eigenvalue weighted by Gasteiger charge is -2.26. The third-order valence-electron chi connectivity index (χ3n) is 4.47. The fourth-order valence-corrected chi connectivity index (χ4v) is 4.04. The van der Waals surface area contributed by atoms with E-state index in [1.807, 2.05) is 36.4 Å². The van der Waals surface area contributed by atoms with Crippen molar-refractivity contribution < 1.29 is 9.53 Å². The maximum Gasteiger partial charge on any atom is 0.221 e. The summed E-state index contributed by atoms with van der Waals surface area (Å²) in [6.45, 7) is 0. The zero-order valence-corrected chi connectivity index (χ0v) is 15.3. The van der Waals surface area contributed by atoms with E-state index in [4.69, 9.17) is 10.5 Å². The second-order valence-corrected chi connectivity index (χ2v) is 7.41. The van der Waals surface area contributed by atoms with Crippen LogP contribution in [0.3, 0.4) is 0 Å². The van der Waals surface area contributed by atoms with Crippen molar-refractivity contribution in [2.24, 2.45) is 0 Å². The number of thioether (sulfide) groups is 1. The molecule has 3 N–H and O–H groups in total. The number of nitrogen functional groups attached to an aromatic ring is 1. The number of nitrogens with one attached hydrogen (secondary N) is 1. The van der Waals surface area contributed by atoms with Gasteiger partial charge in [0.1, 0.15) is 5.75 Å². The van der Waals surface area contributed by atoms with E-state index in [9.17, 15) is 4.79 Å². The van der Waals surface area contributed by atoms with Gasteiger partial charge in [0.15, 0.2) is 0 Å². The quantitative estimate of drug-likeness (QED) is 0.607. The minimum Gasteiger partial charge on any atom is -0.497 e. The number of benzene rings is 2. The second-order valence-electron chi connectivity index (χ2n) is 6.24. The molecule has 3 rings (SSSR count). The first-order valence-corrected chi connectivity index (χ1v) is 9.59. The Balaban J connectivity index is 1.50. The lowest BCUT2D eigenvalue weighted by molar-refractivity contribution is -0.121. The highest BCUT2D eigenvalue weighted by atomic mass is 32.2. The molecule has 2 aromatic rings. The number of hydrogen-bond acceptors (Lipinski definition) is 4. The summed E-state index contributed by atoms with van der Waals surface area (Å²) in [7, 11) is 1.66. The summed E-state index contributed by atoms with van der Waals surface area (Å²) in [4.78, 5) is 13.5. The van der Waals surface area contributed by atoms with Gasteiger partial charge in [-0.05, 0) is 66.8 Å². The van der Waals surface area contributed by atoms with E-state index in [2.05, 4.69) is 11.4 Å². The van der Waals surface area contributed by atoms with Crippen LogP contribution in [0.2, 0.25) is 0 Å². The van der Waals surface area contributed by atoms with Crippen LogP contribution in [0.15, 0.2) is 47.4 Å². The smallest absolute Gasteiger partial charge is 0.221 e. The lowest BCUT2D eigenvalue weighted by atomic mass is 9.87. The van der Waals surface area contributed by atoms with Crippen molar-refractivity contribution in [3.8, 4) is 5.75 Å². The van der Waals surface area contributed by atoms with Crippen LogP contribution in [-0.2, 0) is 11.2 Å². The predicted molar refractivity (Wildman–Crippen MR) is 103 cm³/mol. The molecule has 0 spiro atoms.